The summed E-state index contributed by atoms with van der Waals surface area (Å²) >= 11 is 2.37. The van der Waals surface area contributed by atoms with Gasteiger partial charge in [-0.05, 0) is 12.8 Å². The molecule has 0 bridgehead atoms. The van der Waals surface area contributed by atoms with Gasteiger partial charge in [-0.2, -0.15) is 0 Å². The predicted molar refractivity (Wildman–Crippen MR) is 42.9 cm³/mol. The summed E-state index contributed by atoms with van der Waals surface area (Å²) in [6, 6.07) is 0. The molecule has 0 aliphatic rings. The first kappa shape index (κ1) is 7.47. The van der Waals surface area contributed by atoms with E-state index in [9.17, 15) is 0 Å². The molecule has 0 aromatic rings. The van der Waals surface area contributed by atoms with E-state index in [0.717, 1.165) is 0 Å². The zero-order chi connectivity index (χ0) is 5.86. The van der Waals surface area contributed by atoms with Crippen LogP contribution in [0.3, 0.4) is 0 Å². The molecule has 0 aromatic heterocycles. The minimum Gasteiger partial charge on any atom is -0.0998 e. The van der Waals surface area contributed by atoms with Crippen molar-refractivity contribution in [3.8, 4) is 0 Å². The Morgan fingerprint density at radius 2 is 2.29 bits per heavy atom. The summed E-state index contributed by atoms with van der Waals surface area (Å²) in [6.45, 7) is 8.08. The molecule has 0 amide bonds. The number of halogens is 1. The normalized spacial score (nSPS) is 13.6. The van der Waals surface area contributed by atoms with Gasteiger partial charge in [-0.25, -0.2) is 0 Å². The van der Waals surface area contributed by atoms with Gasteiger partial charge < -0.3 is 0 Å². The van der Waals surface area contributed by atoms with Crippen LogP contribution >= 0.6 is 22.6 Å². The van der Waals surface area contributed by atoms with Crippen molar-refractivity contribution in [2.24, 2.45) is 5.92 Å². The molecule has 0 rings (SSSR count). The molecular formula is C6H11I. The Kier molecular flexibility index (Phi) is 3.70. The number of hydrogen-bond acceptors (Lipinski definition) is 0. The van der Waals surface area contributed by atoms with E-state index in [-0.39, 0.29) is 0 Å². The van der Waals surface area contributed by atoms with Crippen LogP contribution in [0.2, 0.25) is 0 Å². The van der Waals surface area contributed by atoms with Gasteiger partial charge >= 0.3 is 0 Å². The molecule has 7 heavy (non-hydrogen) atoms. The van der Waals surface area contributed by atoms with Crippen molar-refractivity contribution in [2.45, 2.75) is 13.8 Å². The molecular weight excluding hydrogens is 199 g/mol. The average molecular weight is 210 g/mol. The molecule has 0 heterocycles. The third-order valence-electron chi connectivity index (χ3n) is 1.07. The van der Waals surface area contributed by atoms with Gasteiger partial charge in [0.1, 0.15) is 0 Å². The van der Waals surface area contributed by atoms with Crippen molar-refractivity contribution >= 4 is 22.6 Å². The predicted octanol–water partition coefficient (Wildman–Crippen LogP) is 2.63. The van der Waals surface area contributed by atoms with Gasteiger partial charge in [0.25, 0.3) is 0 Å². The third-order valence-corrected chi connectivity index (χ3v) is 2.39. The highest BCUT2D eigenvalue weighted by molar-refractivity contribution is 14.1. The molecule has 0 aliphatic carbocycles. The van der Waals surface area contributed by atoms with Crippen LogP contribution < -0.4 is 0 Å². The maximum absolute atomic E-state index is 3.82. The zero-order valence-corrected chi connectivity index (χ0v) is 7.03. The van der Waals surface area contributed by atoms with E-state index in [1.807, 2.05) is 0 Å². The summed E-state index contributed by atoms with van der Waals surface area (Å²) in [5.41, 5.74) is 1.29. The second kappa shape index (κ2) is 3.47. The van der Waals surface area contributed by atoms with Crippen LogP contribution in [-0.2, 0) is 0 Å². The van der Waals surface area contributed by atoms with E-state index in [2.05, 4.69) is 43.0 Å². The summed E-state index contributed by atoms with van der Waals surface area (Å²) in [4.78, 5) is 0. The molecule has 0 radical (unpaired) electrons. The number of allylic oxidation sites excluding steroid dienone is 1. The van der Waals surface area contributed by atoms with Crippen molar-refractivity contribution in [1.29, 1.82) is 0 Å². The van der Waals surface area contributed by atoms with Gasteiger partial charge in [-0.3, -0.25) is 0 Å². The van der Waals surface area contributed by atoms with Crippen LogP contribution in [-0.4, -0.2) is 4.43 Å². The Hall–Kier alpha value is 0.470. The molecule has 42 valence electrons. The number of hydrogen-bond donors (Lipinski definition) is 0. The van der Waals surface area contributed by atoms with Crippen LogP contribution in [0.1, 0.15) is 13.8 Å². The molecule has 1 heteroatoms. The molecule has 0 N–H and O–H groups in total. The molecule has 0 saturated heterocycles. The Balaban J connectivity index is 3.34. The Morgan fingerprint density at radius 1 is 1.86 bits per heavy atom. The lowest BCUT2D eigenvalue weighted by atomic mass is 10.1. The maximum Gasteiger partial charge on any atom is 0.00581 e. The van der Waals surface area contributed by atoms with Crippen LogP contribution in [0.25, 0.3) is 0 Å². The second-order valence-corrected chi connectivity index (χ2v) is 2.78. The maximum atomic E-state index is 3.82. The van der Waals surface area contributed by atoms with Crippen molar-refractivity contribution in [3.05, 3.63) is 12.2 Å². The highest BCUT2D eigenvalue weighted by Gasteiger charge is 1.95. The van der Waals surface area contributed by atoms with E-state index in [4.69, 9.17) is 0 Å². The highest BCUT2D eigenvalue weighted by Crippen LogP contribution is 2.08. The van der Waals surface area contributed by atoms with E-state index in [1.165, 1.54) is 10.0 Å². The summed E-state index contributed by atoms with van der Waals surface area (Å²) < 4.78 is 1.19. The molecule has 1 atom stereocenters. The zero-order valence-electron chi connectivity index (χ0n) is 4.87. The standard InChI is InChI=1S/C6H11I/c1-5(2)6(3)4-7/h6H,1,4H2,2-3H3. The van der Waals surface area contributed by atoms with Crippen LogP contribution in [0.5, 0.6) is 0 Å². The van der Waals surface area contributed by atoms with Gasteiger partial charge in [0, 0.05) is 4.43 Å². The first-order valence-electron chi connectivity index (χ1n) is 2.40. The van der Waals surface area contributed by atoms with Crippen LogP contribution in [0, 0.1) is 5.92 Å². The first-order valence-corrected chi connectivity index (χ1v) is 3.92. The monoisotopic (exact) mass is 210 g/mol. The lowest BCUT2D eigenvalue weighted by Gasteiger charge is -2.03. The molecule has 0 spiro atoms. The van der Waals surface area contributed by atoms with Gasteiger partial charge in [0.05, 0.1) is 0 Å². The van der Waals surface area contributed by atoms with E-state index >= 15 is 0 Å². The number of alkyl halides is 1. The van der Waals surface area contributed by atoms with E-state index in [0.29, 0.717) is 5.92 Å². The molecule has 0 aliphatic heterocycles. The summed E-state index contributed by atoms with van der Waals surface area (Å²) in [6.07, 6.45) is 0. The summed E-state index contributed by atoms with van der Waals surface area (Å²) in [5, 5.41) is 0. The Bertz CT molecular complexity index is 66.6. The third kappa shape index (κ3) is 3.09. The largest absolute Gasteiger partial charge is 0.0998 e. The molecule has 0 aromatic carbocycles. The van der Waals surface area contributed by atoms with Crippen molar-refractivity contribution in [2.75, 3.05) is 4.43 Å². The summed E-state index contributed by atoms with van der Waals surface area (Å²) in [7, 11) is 0. The lowest BCUT2D eigenvalue weighted by Crippen LogP contribution is -1.93. The van der Waals surface area contributed by atoms with Crippen molar-refractivity contribution in [1.82, 2.24) is 0 Å². The fourth-order valence-electron chi connectivity index (χ4n) is 0.132. The fourth-order valence-corrected chi connectivity index (χ4v) is 0.884. The molecule has 0 nitrogen and oxygen atoms in total. The van der Waals surface area contributed by atoms with Crippen LogP contribution in [0.4, 0.5) is 0 Å². The van der Waals surface area contributed by atoms with Crippen molar-refractivity contribution < 1.29 is 0 Å². The summed E-state index contributed by atoms with van der Waals surface area (Å²) in [5.74, 6) is 0.695. The Morgan fingerprint density at radius 3 is 2.29 bits per heavy atom. The minimum atomic E-state index is 0.695. The molecule has 0 fully saturated rings. The van der Waals surface area contributed by atoms with E-state index in [1.54, 1.807) is 0 Å². The molecule has 1 unspecified atom stereocenters. The quantitative estimate of drug-likeness (QED) is 0.373. The number of rotatable bonds is 2. The van der Waals surface area contributed by atoms with Crippen LogP contribution in [0.15, 0.2) is 12.2 Å². The van der Waals surface area contributed by atoms with Crippen molar-refractivity contribution in [3.63, 3.8) is 0 Å². The van der Waals surface area contributed by atoms with Gasteiger partial charge in [-0.15, -0.1) is 0 Å². The SMILES string of the molecule is C=C(C)C(C)CI. The highest BCUT2D eigenvalue weighted by atomic mass is 127. The lowest BCUT2D eigenvalue weighted by molar-refractivity contribution is 0.800. The minimum absolute atomic E-state index is 0.695. The smallest absolute Gasteiger partial charge is 0.00581 e. The van der Waals surface area contributed by atoms with Gasteiger partial charge in [0.15, 0.2) is 0 Å². The molecule has 0 saturated carbocycles. The fraction of sp³-hybridized carbons (Fsp3) is 0.667. The topological polar surface area (TPSA) is 0 Å². The van der Waals surface area contributed by atoms with E-state index < -0.39 is 0 Å². The van der Waals surface area contributed by atoms with Gasteiger partial charge in [0.2, 0.25) is 0 Å². The first-order chi connectivity index (χ1) is 3.18. The Labute approximate surface area is 59.1 Å². The second-order valence-electron chi connectivity index (χ2n) is 1.90. The van der Waals surface area contributed by atoms with Gasteiger partial charge in [-0.1, -0.05) is 41.7 Å². The average Bonchev–Trinajstić information content (AvgIpc) is 1.65.